The highest BCUT2D eigenvalue weighted by Crippen LogP contribution is 2.36. The summed E-state index contributed by atoms with van der Waals surface area (Å²) in [5.41, 5.74) is 1.33. The monoisotopic (exact) mass is 261 g/mol. The van der Waals surface area contributed by atoms with E-state index in [0.717, 1.165) is 5.56 Å². The Morgan fingerprint density at radius 3 is 3.00 bits per heavy atom. The van der Waals surface area contributed by atoms with Gasteiger partial charge in [0, 0.05) is 25.0 Å². The van der Waals surface area contributed by atoms with Crippen LogP contribution in [0.15, 0.2) is 24.5 Å². The van der Waals surface area contributed by atoms with Crippen molar-refractivity contribution in [2.45, 2.75) is 45.7 Å². The Morgan fingerprint density at radius 2 is 2.37 bits per heavy atom. The van der Waals surface area contributed by atoms with Crippen LogP contribution in [-0.2, 0) is 11.3 Å². The van der Waals surface area contributed by atoms with Gasteiger partial charge in [0.25, 0.3) is 0 Å². The van der Waals surface area contributed by atoms with E-state index in [1.54, 1.807) is 12.4 Å². The van der Waals surface area contributed by atoms with Crippen LogP contribution in [0.1, 0.15) is 38.7 Å². The van der Waals surface area contributed by atoms with Crippen LogP contribution in [0.2, 0.25) is 0 Å². The van der Waals surface area contributed by atoms with Crippen molar-refractivity contribution in [3.63, 3.8) is 0 Å². The number of rotatable bonds is 5. The summed E-state index contributed by atoms with van der Waals surface area (Å²) in [5.74, 6) is 0.0477. The van der Waals surface area contributed by atoms with E-state index >= 15 is 0 Å². The molecule has 0 aliphatic heterocycles. The van der Waals surface area contributed by atoms with Crippen LogP contribution in [0.3, 0.4) is 0 Å². The van der Waals surface area contributed by atoms with Crippen LogP contribution in [0.25, 0.3) is 0 Å². The summed E-state index contributed by atoms with van der Waals surface area (Å²) in [5, 5.41) is 6.29. The molecule has 0 aromatic carbocycles. The lowest BCUT2D eigenvalue weighted by atomic mass is 9.87. The highest BCUT2D eigenvalue weighted by molar-refractivity contribution is 5.78. The maximum absolute atomic E-state index is 11.8. The van der Waals surface area contributed by atoms with Crippen molar-refractivity contribution in [2.24, 2.45) is 5.41 Å². The molecule has 1 heterocycles. The molecule has 1 saturated carbocycles. The van der Waals surface area contributed by atoms with Crippen LogP contribution in [0.4, 0.5) is 0 Å². The Labute approximate surface area is 115 Å². The van der Waals surface area contributed by atoms with Crippen molar-refractivity contribution in [3.8, 4) is 0 Å². The first-order valence-corrected chi connectivity index (χ1v) is 6.97. The summed E-state index contributed by atoms with van der Waals surface area (Å²) in [6, 6.07) is 4.29. The molecule has 4 nitrogen and oxygen atoms in total. The summed E-state index contributed by atoms with van der Waals surface area (Å²) in [6.45, 7) is 5.48. The third-order valence-electron chi connectivity index (χ3n) is 3.98. The lowest BCUT2D eigenvalue weighted by Crippen LogP contribution is -2.43. The van der Waals surface area contributed by atoms with E-state index in [9.17, 15) is 4.79 Å². The summed E-state index contributed by atoms with van der Waals surface area (Å²) in [4.78, 5) is 15.8. The summed E-state index contributed by atoms with van der Waals surface area (Å²) in [6.07, 6.45) is 7.16. The molecule has 0 bridgehead atoms. The average Bonchev–Trinajstić information content (AvgIpc) is 2.74. The van der Waals surface area contributed by atoms with Crippen LogP contribution in [0, 0.1) is 5.41 Å². The first-order valence-electron chi connectivity index (χ1n) is 6.97. The van der Waals surface area contributed by atoms with Crippen molar-refractivity contribution >= 4 is 5.91 Å². The second-order valence-corrected chi connectivity index (χ2v) is 5.95. The maximum Gasteiger partial charge on any atom is 0.234 e. The van der Waals surface area contributed by atoms with E-state index in [4.69, 9.17) is 0 Å². The number of hydrogen-bond acceptors (Lipinski definition) is 3. The molecule has 2 rings (SSSR count). The third kappa shape index (κ3) is 4.03. The van der Waals surface area contributed by atoms with Gasteiger partial charge >= 0.3 is 0 Å². The molecule has 1 aliphatic rings. The van der Waals surface area contributed by atoms with E-state index in [2.05, 4.69) is 29.5 Å². The standard InChI is InChI=1S/C15H23N3O/c1-15(2)7-3-6-13(15)17-11-14(19)18-10-12-5-4-8-16-9-12/h4-5,8-9,13,17H,3,6-7,10-11H2,1-2H3,(H,18,19). The largest absolute Gasteiger partial charge is 0.351 e. The van der Waals surface area contributed by atoms with Crippen LogP contribution in [-0.4, -0.2) is 23.5 Å². The zero-order valence-corrected chi connectivity index (χ0v) is 11.8. The van der Waals surface area contributed by atoms with E-state index in [0.29, 0.717) is 24.5 Å². The van der Waals surface area contributed by atoms with Gasteiger partial charge in [0.15, 0.2) is 0 Å². The average molecular weight is 261 g/mol. The minimum atomic E-state index is 0.0477. The van der Waals surface area contributed by atoms with Gasteiger partial charge in [-0.05, 0) is 29.9 Å². The van der Waals surface area contributed by atoms with Crippen molar-refractivity contribution < 1.29 is 4.79 Å². The van der Waals surface area contributed by atoms with E-state index < -0.39 is 0 Å². The van der Waals surface area contributed by atoms with Gasteiger partial charge in [-0.2, -0.15) is 0 Å². The highest BCUT2D eigenvalue weighted by Gasteiger charge is 2.34. The Hall–Kier alpha value is -1.42. The van der Waals surface area contributed by atoms with E-state index in [1.807, 2.05) is 12.1 Å². The summed E-state index contributed by atoms with van der Waals surface area (Å²) in [7, 11) is 0. The van der Waals surface area contributed by atoms with Gasteiger partial charge < -0.3 is 10.6 Å². The first-order chi connectivity index (χ1) is 9.08. The Kier molecular flexibility index (Phi) is 4.53. The molecule has 104 valence electrons. The normalized spacial score (nSPS) is 21.3. The molecule has 0 spiro atoms. The molecule has 1 amide bonds. The molecule has 4 heteroatoms. The molecule has 1 aromatic heterocycles. The minimum Gasteiger partial charge on any atom is -0.351 e. The smallest absolute Gasteiger partial charge is 0.234 e. The first kappa shape index (κ1) is 14.0. The summed E-state index contributed by atoms with van der Waals surface area (Å²) < 4.78 is 0. The molecule has 1 aromatic rings. The molecule has 0 radical (unpaired) electrons. The number of amides is 1. The zero-order valence-electron chi connectivity index (χ0n) is 11.8. The fourth-order valence-corrected chi connectivity index (χ4v) is 2.69. The van der Waals surface area contributed by atoms with E-state index in [1.165, 1.54) is 19.3 Å². The van der Waals surface area contributed by atoms with Crippen molar-refractivity contribution in [1.82, 2.24) is 15.6 Å². The van der Waals surface area contributed by atoms with E-state index in [-0.39, 0.29) is 5.91 Å². The van der Waals surface area contributed by atoms with Gasteiger partial charge in [-0.3, -0.25) is 9.78 Å². The SMILES string of the molecule is CC1(C)CCCC1NCC(=O)NCc1cccnc1. The van der Waals surface area contributed by atoms with Crippen LogP contribution < -0.4 is 10.6 Å². The Bertz CT molecular complexity index is 417. The Morgan fingerprint density at radius 1 is 1.53 bits per heavy atom. The molecular weight excluding hydrogens is 238 g/mol. The topological polar surface area (TPSA) is 54.0 Å². The Balaban J connectivity index is 1.70. The number of aromatic nitrogens is 1. The zero-order chi connectivity index (χ0) is 13.7. The molecule has 0 saturated heterocycles. The number of pyridine rings is 1. The fraction of sp³-hybridized carbons (Fsp3) is 0.600. The minimum absolute atomic E-state index is 0.0477. The van der Waals surface area contributed by atoms with Crippen molar-refractivity contribution in [2.75, 3.05) is 6.54 Å². The molecule has 2 N–H and O–H groups in total. The van der Waals surface area contributed by atoms with Gasteiger partial charge in [-0.25, -0.2) is 0 Å². The molecular formula is C15H23N3O. The number of hydrogen-bond donors (Lipinski definition) is 2. The quantitative estimate of drug-likeness (QED) is 0.850. The molecule has 19 heavy (non-hydrogen) atoms. The molecule has 1 unspecified atom stereocenters. The third-order valence-corrected chi connectivity index (χ3v) is 3.98. The second kappa shape index (κ2) is 6.15. The van der Waals surface area contributed by atoms with Crippen molar-refractivity contribution in [3.05, 3.63) is 30.1 Å². The van der Waals surface area contributed by atoms with Gasteiger partial charge in [0.05, 0.1) is 6.54 Å². The van der Waals surface area contributed by atoms with Crippen molar-refractivity contribution in [1.29, 1.82) is 0 Å². The lowest BCUT2D eigenvalue weighted by molar-refractivity contribution is -0.120. The van der Waals surface area contributed by atoms with Crippen LogP contribution in [0.5, 0.6) is 0 Å². The highest BCUT2D eigenvalue weighted by atomic mass is 16.1. The molecule has 1 atom stereocenters. The maximum atomic E-state index is 11.8. The lowest BCUT2D eigenvalue weighted by Gasteiger charge is -2.27. The fourth-order valence-electron chi connectivity index (χ4n) is 2.69. The summed E-state index contributed by atoms with van der Waals surface area (Å²) >= 11 is 0. The number of carbonyl (C=O) groups excluding carboxylic acids is 1. The van der Waals surface area contributed by atoms with Gasteiger partial charge in [0.1, 0.15) is 0 Å². The van der Waals surface area contributed by atoms with Gasteiger partial charge in [-0.1, -0.05) is 26.3 Å². The molecule has 1 fully saturated rings. The van der Waals surface area contributed by atoms with Gasteiger partial charge in [-0.15, -0.1) is 0 Å². The number of carbonyl (C=O) groups is 1. The predicted octanol–water partition coefficient (Wildman–Crippen LogP) is 1.87. The van der Waals surface area contributed by atoms with Gasteiger partial charge in [0.2, 0.25) is 5.91 Å². The second-order valence-electron chi connectivity index (χ2n) is 5.95. The predicted molar refractivity (Wildman–Crippen MR) is 75.5 cm³/mol. The van der Waals surface area contributed by atoms with Crippen LogP contribution >= 0.6 is 0 Å². The molecule has 1 aliphatic carbocycles. The number of nitrogens with one attached hydrogen (secondary N) is 2. The number of nitrogens with zero attached hydrogens (tertiary/aromatic N) is 1.